The van der Waals surface area contributed by atoms with E-state index in [2.05, 4.69) is 22.1 Å². The van der Waals surface area contributed by atoms with Gasteiger partial charge in [0.1, 0.15) is 11.6 Å². The van der Waals surface area contributed by atoms with Crippen molar-refractivity contribution in [2.24, 2.45) is 5.41 Å². The molecule has 2 aromatic rings. The first-order chi connectivity index (χ1) is 19.8. The molecule has 1 aromatic heterocycles. The highest BCUT2D eigenvalue weighted by molar-refractivity contribution is 6.36. The number of fused-ring (bicyclic) bond motifs is 2. The first-order valence-corrected chi connectivity index (χ1v) is 14.7. The Morgan fingerprint density at radius 2 is 1.90 bits per heavy atom. The molecule has 10 nitrogen and oxygen atoms in total. The quantitative estimate of drug-likeness (QED) is 0.460. The Balaban J connectivity index is 1.53. The number of Topliss-reactive ketones (excluding diaryl/α,β-unsaturated/α-hetero) is 1. The van der Waals surface area contributed by atoms with Crippen LogP contribution in [0.25, 0.3) is 0 Å². The molecule has 6 rings (SSSR count). The number of carbonyl (C=O) groups is 3. The van der Waals surface area contributed by atoms with Crippen LogP contribution in [-0.2, 0) is 28.1 Å². The summed E-state index contributed by atoms with van der Waals surface area (Å²) in [5.41, 5.74) is -1.24. The summed E-state index contributed by atoms with van der Waals surface area (Å²) in [5.74, 6) is -2.78. The van der Waals surface area contributed by atoms with Crippen LogP contribution in [0.3, 0.4) is 0 Å². The summed E-state index contributed by atoms with van der Waals surface area (Å²) < 4.78 is 15.2. The lowest BCUT2D eigenvalue weighted by atomic mass is 9.62. The summed E-state index contributed by atoms with van der Waals surface area (Å²) in [7, 11) is 3.04. The van der Waals surface area contributed by atoms with Crippen molar-refractivity contribution in [1.82, 2.24) is 24.7 Å². The largest absolute Gasteiger partial charge is 0.501 e. The number of nitrogens with zero attached hydrogens (tertiary/aromatic N) is 4. The lowest BCUT2D eigenvalue weighted by Gasteiger charge is -2.44. The number of ketones is 1. The topological polar surface area (TPSA) is 125 Å². The van der Waals surface area contributed by atoms with Crippen molar-refractivity contribution in [2.45, 2.75) is 83.3 Å². The van der Waals surface area contributed by atoms with E-state index in [1.165, 1.54) is 29.6 Å². The fraction of sp³-hybridized carbons (Fsp3) is 0.581. The molecule has 1 aromatic carbocycles. The van der Waals surface area contributed by atoms with Gasteiger partial charge in [-0.15, -0.1) is 0 Å². The van der Waals surface area contributed by atoms with Crippen LogP contribution >= 0.6 is 0 Å². The third-order valence-corrected chi connectivity index (χ3v) is 9.64. The van der Waals surface area contributed by atoms with E-state index in [4.69, 9.17) is 0 Å². The summed E-state index contributed by atoms with van der Waals surface area (Å²) in [6.45, 7) is 5.97. The van der Waals surface area contributed by atoms with E-state index >= 15 is 0 Å². The molecule has 0 radical (unpaired) electrons. The molecule has 226 valence electrons. The average molecular weight is 582 g/mol. The van der Waals surface area contributed by atoms with Gasteiger partial charge < -0.3 is 20.2 Å². The van der Waals surface area contributed by atoms with Crippen molar-refractivity contribution in [3.05, 3.63) is 57.0 Å². The van der Waals surface area contributed by atoms with Gasteiger partial charge in [-0.05, 0) is 76.1 Å². The first-order valence-electron chi connectivity index (χ1n) is 14.7. The number of aromatic hydroxyl groups is 1. The van der Waals surface area contributed by atoms with Gasteiger partial charge in [-0.1, -0.05) is 12.1 Å². The fourth-order valence-corrected chi connectivity index (χ4v) is 7.07. The third-order valence-electron chi connectivity index (χ3n) is 9.64. The molecule has 1 aliphatic carbocycles. The molecule has 0 spiro atoms. The van der Waals surface area contributed by atoms with Crippen LogP contribution in [0, 0.1) is 18.2 Å². The highest BCUT2D eigenvalue weighted by Crippen LogP contribution is 2.53. The monoisotopic (exact) mass is 581 g/mol. The maximum Gasteiger partial charge on any atom is 0.296 e. The van der Waals surface area contributed by atoms with Gasteiger partial charge in [-0.3, -0.25) is 23.7 Å². The Bertz CT molecular complexity index is 1480. The predicted molar refractivity (Wildman–Crippen MR) is 154 cm³/mol. The zero-order valence-electron chi connectivity index (χ0n) is 24.8. The van der Waals surface area contributed by atoms with Gasteiger partial charge in [-0.2, -0.15) is 0 Å². The number of halogens is 1. The van der Waals surface area contributed by atoms with Crippen molar-refractivity contribution in [3.8, 4) is 5.75 Å². The number of rotatable bonds is 8. The van der Waals surface area contributed by atoms with Crippen LogP contribution in [0.5, 0.6) is 5.75 Å². The number of benzene rings is 1. The summed E-state index contributed by atoms with van der Waals surface area (Å²) in [4.78, 5) is 61.1. The summed E-state index contributed by atoms with van der Waals surface area (Å²) >= 11 is 0. The average Bonchev–Trinajstić information content (AvgIpc) is 3.24. The highest BCUT2D eigenvalue weighted by Gasteiger charge is 2.52. The number of aromatic nitrogens is 2. The first kappa shape index (κ1) is 29.9. The molecule has 1 saturated heterocycles. The van der Waals surface area contributed by atoms with E-state index in [0.717, 1.165) is 38.8 Å². The van der Waals surface area contributed by atoms with Gasteiger partial charge in [0.05, 0.1) is 0 Å². The second-order valence-electron chi connectivity index (χ2n) is 12.8. The van der Waals surface area contributed by atoms with Gasteiger partial charge in [0.15, 0.2) is 5.69 Å². The maximum atomic E-state index is 13.8. The molecule has 4 heterocycles. The Hall–Kier alpha value is -3.60. The molecule has 3 aliphatic heterocycles. The van der Waals surface area contributed by atoms with Crippen molar-refractivity contribution < 1.29 is 23.9 Å². The van der Waals surface area contributed by atoms with Crippen LogP contribution in [0.2, 0.25) is 0 Å². The zero-order valence-corrected chi connectivity index (χ0v) is 24.8. The Labute approximate surface area is 244 Å². The smallest absolute Gasteiger partial charge is 0.296 e. The standard InChI is InChI=1S/C31H40FN5O5/c1-19-14-21(7-8-22(19)32)16-33-26(40)24-25(39)28(42)37-18-30(17-36-13-5-6-20(36)2)9-11-31(12-10-30,29(37)34-24)15-23(38)27(41)35(3)4/h7-8,14,20,39H,5-6,9-13,15-18H2,1-4H3,(H,33,40). The van der Waals surface area contributed by atoms with Crippen LogP contribution < -0.4 is 10.9 Å². The molecule has 1 atom stereocenters. The molecule has 2 bridgehead atoms. The van der Waals surface area contributed by atoms with E-state index in [-0.39, 0.29) is 30.0 Å². The van der Waals surface area contributed by atoms with Crippen LogP contribution in [0.4, 0.5) is 4.39 Å². The predicted octanol–water partition coefficient (Wildman–Crippen LogP) is 2.67. The van der Waals surface area contributed by atoms with Gasteiger partial charge in [0.25, 0.3) is 17.4 Å². The van der Waals surface area contributed by atoms with E-state index in [9.17, 15) is 28.7 Å². The number of hydrogen-bond donors (Lipinski definition) is 2. The Morgan fingerprint density at radius 1 is 1.19 bits per heavy atom. The molecule has 1 unspecified atom stereocenters. The Kier molecular flexibility index (Phi) is 8.00. The molecular weight excluding hydrogens is 541 g/mol. The van der Waals surface area contributed by atoms with Gasteiger partial charge in [0.2, 0.25) is 11.5 Å². The Morgan fingerprint density at radius 3 is 2.52 bits per heavy atom. The normalized spacial score (nSPS) is 25.1. The van der Waals surface area contributed by atoms with Gasteiger partial charge in [-0.25, -0.2) is 9.37 Å². The minimum Gasteiger partial charge on any atom is -0.501 e. The summed E-state index contributed by atoms with van der Waals surface area (Å²) in [6, 6.07) is 4.90. The number of aryl methyl sites for hydroxylation is 1. The van der Waals surface area contributed by atoms with E-state index in [0.29, 0.717) is 36.6 Å². The second kappa shape index (κ2) is 11.2. The maximum absolute atomic E-state index is 13.8. The van der Waals surface area contributed by atoms with E-state index in [1.54, 1.807) is 19.1 Å². The minimum absolute atomic E-state index is 0.0393. The number of nitrogens with one attached hydrogen (secondary N) is 1. The molecule has 1 saturated carbocycles. The van der Waals surface area contributed by atoms with Crippen LogP contribution in [0.1, 0.15) is 79.3 Å². The SMILES string of the molecule is Cc1cc(CNC(=O)c2nc3n(c(=O)c2O)CC2(CN4CCCC4C)CCC3(CC(=O)C(=O)N(C)C)CC2)ccc1F. The van der Waals surface area contributed by atoms with Crippen LogP contribution in [-0.4, -0.2) is 75.3 Å². The van der Waals surface area contributed by atoms with Crippen molar-refractivity contribution in [2.75, 3.05) is 27.2 Å². The number of hydrogen-bond acceptors (Lipinski definition) is 7. The number of likely N-dealkylation sites (tertiary alicyclic amines) is 1. The number of likely N-dealkylation sites (N-methyl/N-ethyl adjacent to an activating group) is 1. The number of carbonyl (C=O) groups excluding carboxylic acids is 3. The van der Waals surface area contributed by atoms with Gasteiger partial charge >= 0.3 is 0 Å². The lowest BCUT2D eigenvalue weighted by molar-refractivity contribution is -0.144. The third kappa shape index (κ3) is 5.46. The second-order valence-corrected chi connectivity index (χ2v) is 12.8. The lowest BCUT2D eigenvalue weighted by Crippen LogP contribution is -2.45. The summed E-state index contributed by atoms with van der Waals surface area (Å²) in [6.07, 6.45) is 4.65. The van der Waals surface area contributed by atoms with Crippen LogP contribution in [0.15, 0.2) is 23.0 Å². The van der Waals surface area contributed by atoms with Crippen molar-refractivity contribution in [3.63, 3.8) is 0 Å². The zero-order chi connectivity index (χ0) is 30.4. The van der Waals surface area contributed by atoms with E-state index < -0.39 is 40.0 Å². The molecule has 42 heavy (non-hydrogen) atoms. The molecule has 2 fully saturated rings. The van der Waals surface area contributed by atoms with Crippen molar-refractivity contribution >= 4 is 17.6 Å². The molecule has 4 aliphatic rings. The minimum atomic E-state index is -0.921. The summed E-state index contributed by atoms with van der Waals surface area (Å²) in [5, 5.41) is 13.7. The number of amides is 2. The molecular formula is C31H40FN5O5. The molecule has 2 N–H and O–H groups in total. The fourth-order valence-electron chi connectivity index (χ4n) is 7.07. The molecule has 2 amide bonds. The highest BCUT2D eigenvalue weighted by atomic mass is 19.1. The van der Waals surface area contributed by atoms with E-state index in [1.807, 2.05) is 0 Å². The molecule has 11 heteroatoms. The van der Waals surface area contributed by atoms with Crippen molar-refractivity contribution in [1.29, 1.82) is 0 Å². The van der Waals surface area contributed by atoms with Gasteiger partial charge in [0, 0.05) is 57.0 Å².